The standard InChI is InChI=1S/C2H6O7S2/c3-1-2(10(4,5)6)11(7,8)9/h1-2,4-6H,(H,7,8,9). The lowest BCUT2D eigenvalue weighted by Gasteiger charge is -2.22. The Kier molecular flexibility index (Phi) is 2.99. The molecule has 0 aliphatic carbocycles. The summed E-state index contributed by atoms with van der Waals surface area (Å²) in [5, 5.41) is 0. The van der Waals surface area contributed by atoms with Crippen LogP contribution in [0.1, 0.15) is 0 Å². The van der Waals surface area contributed by atoms with E-state index < -0.39 is 31.9 Å². The molecule has 0 fully saturated rings. The molecule has 0 aliphatic heterocycles. The molecular weight excluding hydrogens is 200 g/mol. The molecule has 0 aliphatic rings. The Hall–Kier alpha value is -0.190. The SMILES string of the molecule is O=CC(S(O)(O)O)S(=O)(=O)O. The zero-order valence-electron chi connectivity index (χ0n) is 4.98. The summed E-state index contributed by atoms with van der Waals surface area (Å²) in [7, 11) is -9.53. The molecule has 0 aromatic rings. The van der Waals surface area contributed by atoms with E-state index in [-0.39, 0.29) is 0 Å². The van der Waals surface area contributed by atoms with Crippen LogP contribution < -0.4 is 0 Å². The molecule has 1 atom stereocenters. The first kappa shape index (κ1) is 10.8. The maximum atomic E-state index is 10.1. The van der Waals surface area contributed by atoms with Gasteiger partial charge in [-0.25, -0.2) is 0 Å². The van der Waals surface area contributed by atoms with Gasteiger partial charge >= 0.3 is 0 Å². The smallest absolute Gasteiger partial charge is 0.289 e. The fraction of sp³-hybridized carbons (Fsp3) is 0.500. The summed E-state index contributed by atoms with van der Waals surface area (Å²) >= 11 is 0. The van der Waals surface area contributed by atoms with Crippen LogP contribution in [0, 0.1) is 0 Å². The van der Waals surface area contributed by atoms with Crippen molar-refractivity contribution >= 4 is 27.3 Å². The summed E-state index contributed by atoms with van der Waals surface area (Å²) in [6.07, 6.45) is -0.468. The van der Waals surface area contributed by atoms with Gasteiger partial charge < -0.3 is 18.5 Å². The molecule has 0 saturated carbocycles. The molecule has 9 heteroatoms. The summed E-state index contributed by atoms with van der Waals surface area (Å²) in [4.78, 5) is 9.80. The van der Waals surface area contributed by atoms with Crippen molar-refractivity contribution in [3.63, 3.8) is 0 Å². The number of carbonyl (C=O) groups is 1. The molecule has 4 N–H and O–H groups in total. The molecule has 68 valence electrons. The lowest BCUT2D eigenvalue weighted by Crippen LogP contribution is -2.27. The third-order valence-electron chi connectivity index (χ3n) is 0.716. The predicted octanol–water partition coefficient (Wildman–Crippen LogP) is -0.377. The summed E-state index contributed by atoms with van der Waals surface area (Å²) in [6, 6.07) is 0. The molecule has 0 saturated heterocycles. The van der Waals surface area contributed by atoms with Crippen LogP contribution in [0.4, 0.5) is 0 Å². The number of rotatable bonds is 3. The van der Waals surface area contributed by atoms with Gasteiger partial charge in [0.25, 0.3) is 10.1 Å². The van der Waals surface area contributed by atoms with Crippen LogP contribution in [0.25, 0.3) is 0 Å². The Labute approximate surface area is 64.0 Å². The van der Waals surface area contributed by atoms with Crippen molar-refractivity contribution in [2.75, 3.05) is 0 Å². The number of carbonyl (C=O) groups excluding carboxylic acids is 1. The van der Waals surface area contributed by atoms with Crippen molar-refractivity contribution in [3.05, 3.63) is 0 Å². The molecule has 11 heavy (non-hydrogen) atoms. The second-order valence-electron chi connectivity index (χ2n) is 1.58. The van der Waals surface area contributed by atoms with Gasteiger partial charge in [-0.15, -0.1) is 0 Å². The van der Waals surface area contributed by atoms with Gasteiger partial charge in [0.1, 0.15) is 10.9 Å². The minimum absolute atomic E-state index is 0.468. The van der Waals surface area contributed by atoms with E-state index in [9.17, 15) is 13.2 Å². The van der Waals surface area contributed by atoms with Crippen molar-refractivity contribution in [3.8, 4) is 0 Å². The molecule has 0 amide bonds. The van der Waals surface area contributed by atoms with E-state index in [1.54, 1.807) is 0 Å². The van der Waals surface area contributed by atoms with E-state index >= 15 is 0 Å². The number of hydrogen-bond acceptors (Lipinski definition) is 6. The van der Waals surface area contributed by atoms with Gasteiger partial charge in [-0.3, -0.25) is 4.55 Å². The molecule has 0 spiro atoms. The summed E-state index contributed by atoms with van der Waals surface area (Å²) in [5.74, 6) is 0. The first-order valence-corrected chi connectivity index (χ1v) is 5.17. The van der Waals surface area contributed by atoms with E-state index in [1.165, 1.54) is 0 Å². The third-order valence-corrected chi connectivity index (χ3v) is 3.65. The average molecular weight is 206 g/mol. The topological polar surface area (TPSA) is 132 Å². The Morgan fingerprint density at radius 3 is 1.45 bits per heavy atom. The van der Waals surface area contributed by atoms with Crippen LogP contribution in [0.3, 0.4) is 0 Å². The fourth-order valence-electron chi connectivity index (χ4n) is 0.308. The summed E-state index contributed by atoms with van der Waals surface area (Å²) in [6.45, 7) is 0. The maximum absolute atomic E-state index is 10.1. The summed E-state index contributed by atoms with van der Waals surface area (Å²) < 4.78 is 50.4. The highest BCUT2D eigenvalue weighted by Crippen LogP contribution is 2.40. The molecule has 0 aromatic heterocycles. The second-order valence-corrected chi connectivity index (χ2v) is 5.05. The van der Waals surface area contributed by atoms with Crippen LogP contribution >= 0.6 is 10.9 Å². The van der Waals surface area contributed by atoms with Gasteiger partial charge in [0.15, 0.2) is 6.29 Å². The van der Waals surface area contributed by atoms with Crippen LogP contribution in [0.2, 0.25) is 0 Å². The largest absolute Gasteiger partial charge is 0.307 e. The highest BCUT2D eigenvalue weighted by molar-refractivity contribution is 8.27. The van der Waals surface area contributed by atoms with E-state index in [4.69, 9.17) is 18.2 Å². The van der Waals surface area contributed by atoms with Crippen molar-refractivity contribution in [1.29, 1.82) is 0 Å². The van der Waals surface area contributed by atoms with Gasteiger partial charge in [0.2, 0.25) is 4.58 Å². The highest BCUT2D eigenvalue weighted by Gasteiger charge is 2.37. The number of aldehydes is 1. The van der Waals surface area contributed by atoms with Gasteiger partial charge in [-0.05, 0) is 0 Å². The van der Waals surface area contributed by atoms with E-state index in [0.29, 0.717) is 0 Å². The first-order chi connectivity index (χ1) is 4.69. The molecule has 0 radical (unpaired) electrons. The first-order valence-electron chi connectivity index (χ1n) is 2.10. The molecule has 7 nitrogen and oxygen atoms in total. The molecule has 0 rings (SSSR count). The monoisotopic (exact) mass is 206 g/mol. The van der Waals surface area contributed by atoms with Crippen LogP contribution in [-0.4, -0.2) is 37.5 Å². The van der Waals surface area contributed by atoms with Crippen LogP contribution in [-0.2, 0) is 14.9 Å². The average Bonchev–Trinajstić information content (AvgIpc) is 1.56. The molecule has 0 bridgehead atoms. The molecular formula is C2H6O7S2. The Bertz CT molecular complexity index is 234. The summed E-state index contributed by atoms with van der Waals surface area (Å²) in [5.41, 5.74) is 0. The van der Waals surface area contributed by atoms with Crippen LogP contribution in [0.5, 0.6) is 0 Å². The minimum Gasteiger partial charge on any atom is -0.307 e. The van der Waals surface area contributed by atoms with Gasteiger partial charge in [-0.2, -0.15) is 8.42 Å². The fourth-order valence-corrected chi connectivity index (χ4v) is 1.90. The normalized spacial score (nSPS) is 17.5. The van der Waals surface area contributed by atoms with Gasteiger partial charge in [-0.1, -0.05) is 0 Å². The Balaban J connectivity index is 4.87. The van der Waals surface area contributed by atoms with Gasteiger partial charge in [0, 0.05) is 0 Å². The second kappa shape index (κ2) is 3.05. The van der Waals surface area contributed by atoms with Gasteiger partial charge in [0.05, 0.1) is 0 Å². The lowest BCUT2D eigenvalue weighted by molar-refractivity contribution is -0.106. The molecule has 0 aromatic carbocycles. The van der Waals surface area contributed by atoms with E-state index in [0.717, 1.165) is 0 Å². The molecule has 1 unspecified atom stereocenters. The van der Waals surface area contributed by atoms with Crippen molar-refractivity contribution in [1.82, 2.24) is 0 Å². The third kappa shape index (κ3) is 3.14. The highest BCUT2D eigenvalue weighted by atomic mass is 32.3. The maximum Gasteiger partial charge on any atom is 0.289 e. The number of hydrogen-bond donors (Lipinski definition) is 4. The van der Waals surface area contributed by atoms with Crippen molar-refractivity contribution in [2.45, 2.75) is 4.58 Å². The van der Waals surface area contributed by atoms with E-state index in [1.807, 2.05) is 0 Å². The zero-order chi connectivity index (χ0) is 9.28. The van der Waals surface area contributed by atoms with Crippen molar-refractivity contribution in [2.24, 2.45) is 0 Å². The Morgan fingerprint density at radius 2 is 1.45 bits per heavy atom. The van der Waals surface area contributed by atoms with Crippen molar-refractivity contribution < 1.29 is 31.4 Å². The zero-order valence-corrected chi connectivity index (χ0v) is 6.62. The quantitative estimate of drug-likeness (QED) is 0.365. The lowest BCUT2D eigenvalue weighted by atomic mass is 10.9. The van der Waals surface area contributed by atoms with Crippen LogP contribution in [0.15, 0.2) is 0 Å². The molecule has 0 heterocycles. The Morgan fingerprint density at radius 1 is 1.09 bits per heavy atom. The predicted molar refractivity (Wildman–Crippen MR) is 36.9 cm³/mol. The minimum atomic E-state index is -4.95. The van der Waals surface area contributed by atoms with E-state index in [2.05, 4.69) is 0 Å².